The number of imidazole rings is 1. The lowest BCUT2D eigenvalue weighted by atomic mass is 10.1. The number of rotatable bonds is 8. The van der Waals surface area contributed by atoms with Crippen LogP contribution in [0.15, 0.2) is 60.9 Å². The van der Waals surface area contributed by atoms with E-state index < -0.39 is 24.5 Å². The van der Waals surface area contributed by atoms with Gasteiger partial charge in [0.1, 0.15) is 12.2 Å². The maximum absolute atomic E-state index is 11.9. The molecule has 0 bridgehead atoms. The maximum atomic E-state index is 11.9. The van der Waals surface area contributed by atoms with Gasteiger partial charge in [-0.05, 0) is 17.7 Å². The molecule has 0 radical (unpaired) electrons. The van der Waals surface area contributed by atoms with Gasteiger partial charge < -0.3 is 30.9 Å². The molecule has 2 aromatic carbocycles. The Balaban J connectivity index is 1.56. The Hall–Kier alpha value is -4.06. The number of carbonyl (C=O) groups excluding carboxylic acids is 1. The standard InChI is InChI=1S/C26H29N7O4/c1-27-17-10-6-9-16(11-17)23-31-24(29-13-15-7-4-3-5-8-15)20-25(32-23)33(14-30-20)26-22(36)21(35)18(37-26)12-19(34)28-2/h3-11,14,18,21-22,26-27,35-36H,12-13H2,1-2H3,(H,28,34)(H,29,31,32)/t18-,21+,22+,26+/m0/s1. The van der Waals surface area contributed by atoms with E-state index in [9.17, 15) is 15.0 Å². The predicted octanol–water partition coefficient (Wildman–Crippen LogP) is 1.90. The summed E-state index contributed by atoms with van der Waals surface area (Å²) in [4.78, 5) is 25.9. The minimum atomic E-state index is -1.28. The highest BCUT2D eigenvalue weighted by Gasteiger charge is 2.45. The van der Waals surface area contributed by atoms with Crippen LogP contribution in [0.2, 0.25) is 0 Å². The van der Waals surface area contributed by atoms with Crippen LogP contribution in [0.25, 0.3) is 22.6 Å². The SMILES string of the molecule is CNC(=O)C[C@@H]1O[C@@H](n2cnc3c(NCc4ccccc4)nc(-c4cccc(NC)c4)nc32)[C@H](O)[C@@H]1O. The Morgan fingerprint density at radius 1 is 1.05 bits per heavy atom. The van der Waals surface area contributed by atoms with Crippen LogP contribution >= 0.6 is 0 Å². The molecular weight excluding hydrogens is 474 g/mol. The predicted molar refractivity (Wildman–Crippen MR) is 139 cm³/mol. The highest BCUT2D eigenvalue weighted by atomic mass is 16.6. The van der Waals surface area contributed by atoms with E-state index in [1.54, 1.807) is 4.57 Å². The van der Waals surface area contributed by atoms with E-state index in [0.29, 0.717) is 29.4 Å². The molecule has 0 unspecified atom stereocenters. The van der Waals surface area contributed by atoms with Crippen molar-refractivity contribution < 1.29 is 19.7 Å². The molecule has 4 atom stereocenters. The number of carbonyl (C=O) groups is 1. The summed E-state index contributed by atoms with van der Waals surface area (Å²) in [7, 11) is 3.34. The third-order valence-electron chi connectivity index (χ3n) is 6.41. The first-order chi connectivity index (χ1) is 18.0. The van der Waals surface area contributed by atoms with Crippen LogP contribution in [-0.2, 0) is 16.1 Å². The van der Waals surface area contributed by atoms with Crippen molar-refractivity contribution in [1.29, 1.82) is 0 Å². The lowest BCUT2D eigenvalue weighted by Crippen LogP contribution is -2.34. The van der Waals surface area contributed by atoms with Crippen molar-refractivity contribution >= 4 is 28.6 Å². The highest BCUT2D eigenvalue weighted by Crippen LogP contribution is 2.34. The van der Waals surface area contributed by atoms with Crippen LogP contribution in [0.4, 0.5) is 11.5 Å². The van der Waals surface area contributed by atoms with Gasteiger partial charge in [0.05, 0.1) is 18.9 Å². The number of aliphatic hydroxyl groups excluding tert-OH is 2. The van der Waals surface area contributed by atoms with Crippen molar-refractivity contribution in [2.24, 2.45) is 0 Å². The van der Waals surface area contributed by atoms with Crippen molar-refractivity contribution in [2.45, 2.75) is 37.5 Å². The molecule has 37 heavy (non-hydrogen) atoms. The molecule has 192 valence electrons. The summed E-state index contributed by atoms with van der Waals surface area (Å²) in [5.74, 6) is 0.679. The quantitative estimate of drug-likeness (QED) is 0.243. The zero-order chi connectivity index (χ0) is 25.9. The van der Waals surface area contributed by atoms with Crippen molar-refractivity contribution in [3.05, 3.63) is 66.5 Å². The lowest BCUT2D eigenvalue weighted by Gasteiger charge is -2.17. The fourth-order valence-electron chi connectivity index (χ4n) is 4.36. The monoisotopic (exact) mass is 503 g/mol. The minimum Gasteiger partial charge on any atom is -0.388 e. The van der Waals surface area contributed by atoms with E-state index >= 15 is 0 Å². The number of nitrogens with one attached hydrogen (secondary N) is 3. The van der Waals surface area contributed by atoms with Gasteiger partial charge in [0, 0.05) is 31.9 Å². The van der Waals surface area contributed by atoms with Gasteiger partial charge in [-0.15, -0.1) is 0 Å². The number of nitrogens with zero attached hydrogens (tertiary/aromatic N) is 4. The van der Waals surface area contributed by atoms with Gasteiger partial charge in [-0.2, -0.15) is 0 Å². The zero-order valence-electron chi connectivity index (χ0n) is 20.5. The Labute approximate surface area is 213 Å². The second-order valence-electron chi connectivity index (χ2n) is 8.81. The third-order valence-corrected chi connectivity index (χ3v) is 6.41. The summed E-state index contributed by atoms with van der Waals surface area (Å²) in [6.07, 6.45) is -2.96. The number of hydrogen-bond donors (Lipinski definition) is 5. The molecule has 1 fully saturated rings. The Bertz CT molecular complexity index is 1390. The van der Waals surface area contributed by atoms with Crippen LogP contribution in [0.5, 0.6) is 0 Å². The van der Waals surface area contributed by atoms with Crippen LogP contribution in [0.3, 0.4) is 0 Å². The molecule has 2 aromatic heterocycles. The van der Waals surface area contributed by atoms with Gasteiger partial charge in [-0.3, -0.25) is 9.36 Å². The number of aromatic nitrogens is 4. The third kappa shape index (κ3) is 4.96. The highest BCUT2D eigenvalue weighted by molar-refractivity contribution is 5.85. The molecule has 11 nitrogen and oxygen atoms in total. The van der Waals surface area contributed by atoms with Gasteiger partial charge in [0.2, 0.25) is 5.91 Å². The van der Waals surface area contributed by atoms with Crippen molar-refractivity contribution in [1.82, 2.24) is 24.8 Å². The molecule has 0 saturated carbocycles. The van der Waals surface area contributed by atoms with E-state index in [2.05, 4.69) is 20.9 Å². The minimum absolute atomic E-state index is 0.0845. The van der Waals surface area contributed by atoms with E-state index in [-0.39, 0.29) is 12.3 Å². The molecule has 1 aliphatic heterocycles. The average molecular weight is 504 g/mol. The van der Waals surface area contributed by atoms with Crippen molar-refractivity contribution in [3.8, 4) is 11.4 Å². The lowest BCUT2D eigenvalue weighted by molar-refractivity contribution is -0.125. The molecule has 5 N–H and O–H groups in total. The number of ether oxygens (including phenoxy) is 1. The smallest absolute Gasteiger partial charge is 0.222 e. The fraction of sp³-hybridized carbons (Fsp3) is 0.308. The first-order valence-corrected chi connectivity index (χ1v) is 12.0. The Kier molecular flexibility index (Phi) is 6.99. The molecule has 1 amide bonds. The number of amides is 1. The van der Waals surface area contributed by atoms with Crippen LogP contribution in [0.1, 0.15) is 18.2 Å². The second kappa shape index (κ2) is 10.5. The number of benzene rings is 2. The summed E-state index contributed by atoms with van der Waals surface area (Å²) in [6.45, 7) is 0.519. The van der Waals surface area contributed by atoms with Gasteiger partial charge in [0.15, 0.2) is 29.0 Å². The molecule has 11 heteroatoms. The van der Waals surface area contributed by atoms with Gasteiger partial charge in [0.25, 0.3) is 0 Å². The number of anilines is 2. The molecule has 4 aromatic rings. The van der Waals surface area contributed by atoms with E-state index in [0.717, 1.165) is 16.8 Å². The topological polar surface area (TPSA) is 146 Å². The van der Waals surface area contributed by atoms with Crippen LogP contribution in [0, 0.1) is 0 Å². The van der Waals surface area contributed by atoms with Gasteiger partial charge >= 0.3 is 0 Å². The van der Waals surface area contributed by atoms with E-state index in [4.69, 9.17) is 14.7 Å². The summed E-state index contributed by atoms with van der Waals surface area (Å²) in [5.41, 5.74) is 3.68. The first kappa shape index (κ1) is 24.6. The number of hydrogen-bond acceptors (Lipinski definition) is 9. The maximum Gasteiger partial charge on any atom is 0.222 e. The largest absolute Gasteiger partial charge is 0.388 e. The van der Waals surface area contributed by atoms with Crippen molar-refractivity contribution in [3.63, 3.8) is 0 Å². The number of aliphatic hydroxyl groups is 2. The molecule has 0 aliphatic carbocycles. The second-order valence-corrected chi connectivity index (χ2v) is 8.81. The van der Waals surface area contributed by atoms with Gasteiger partial charge in [-0.1, -0.05) is 42.5 Å². The molecule has 0 spiro atoms. The zero-order valence-corrected chi connectivity index (χ0v) is 20.5. The molecule has 1 saturated heterocycles. The summed E-state index contributed by atoms with van der Waals surface area (Å²) < 4.78 is 7.51. The summed E-state index contributed by atoms with van der Waals surface area (Å²) >= 11 is 0. The summed E-state index contributed by atoms with van der Waals surface area (Å²) in [6, 6.07) is 17.6. The molecular formula is C26H29N7O4. The Morgan fingerprint density at radius 2 is 1.86 bits per heavy atom. The summed E-state index contributed by atoms with van der Waals surface area (Å²) in [5, 5.41) is 30.3. The average Bonchev–Trinajstić information content (AvgIpc) is 3.48. The molecule has 5 rings (SSSR count). The first-order valence-electron chi connectivity index (χ1n) is 12.0. The molecule has 3 heterocycles. The fourth-order valence-corrected chi connectivity index (χ4v) is 4.36. The van der Waals surface area contributed by atoms with Gasteiger partial charge in [-0.25, -0.2) is 15.0 Å². The number of fused-ring (bicyclic) bond motifs is 1. The van der Waals surface area contributed by atoms with E-state index in [1.807, 2.05) is 61.6 Å². The normalized spacial score (nSPS) is 21.2. The van der Waals surface area contributed by atoms with Crippen LogP contribution in [-0.4, -0.2) is 68.0 Å². The van der Waals surface area contributed by atoms with Crippen LogP contribution < -0.4 is 16.0 Å². The van der Waals surface area contributed by atoms with Crippen molar-refractivity contribution in [2.75, 3.05) is 24.7 Å². The van der Waals surface area contributed by atoms with E-state index in [1.165, 1.54) is 13.4 Å². The molecule has 1 aliphatic rings. The Morgan fingerprint density at radius 3 is 2.62 bits per heavy atom.